The van der Waals surface area contributed by atoms with E-state index in [1.807, 2.05) is 19.0 Å². The van der Waals surface area contributed by atoms with Crippen molar-refractivity contribution in [1.29, 1.82) is 0 Å². The monoisotopic (exact) mass is 288 g/mol. The number of nitrogens with zero attached hydrogens (tertiary/aromatic N) is 1. The Labute approximate surface area is 103 Å². The van der Waals surface area contributed by atoms with Crippen molar-refractivity contribution in [3.63, 3.8) is 0 Å². The van der Waals surface area contributed by atoms with E-state index in [2.05, 4.69) is 21.2 Å². The molecule has 0 aromatic heterocycles. The molecule has 0 saturated carbocycles. The van der Waals surface area contributed by atoms with Gasteiger partial charge in [0.2, 0.25) is 0 Å². The van der Waals surface area contributed by atoms with Gasteiger partial charge in [0, 0.05) is 18.7 Å². The zero-order valence-electron chi connectivity index (χ0n) is 9.26. The number of likely N-dealkylation sites (N-methyl/N-ethyl adjacent to an activating group) is 1. The van der Waals surface area contributed by atoms with Crippen LogP contribution in [0.1, 0.15) is 10.4 Å². The van der Waals surface area contributed by atoms with Crippen molar-refractivity contribution < 1.29 is 9.18 Å². The van der Waals surface area contributed by atoms with E-state index in [-0.39, 0.29) is 5.91 Å². The molecule has 88 valence electrons. The van der Waals surface area contributed by atoms with Crippen LogP contribution in [-0.4, -0.2) is 38.0 Å². The SMILES string of the molecule is CN(C)CCNC(=O)c1ccc(Br)c(F)c1. The summed E-state index contributed by atoms with van der Waals surface area (Å²) in [6.45, 7) is 1.30. The number of amides is 1. The molecule has 0 saturated heterocycles. The molecular formula is C11H14BrFN2O. The van der Waals surface area contributed by atoms with Crippen molar-refractivity contribution in [2.45, 2.75) is 0 Å². The second-order valence-corrected chi connectivity index (χ2v) is 4.54. The molecule has 0 radical (unpaired) electrons. The number of hydrogen-bond acceptors (Lipinski definition) is 2. The van der Waals surface area contributed by atoms with Crippen molar-refractivity contribution in [1.82, 2.24) is 10.2 Å². The second kappa shape index (κ2) is 5.96. The van der Waals surface area contributed by atoms with Crippen LogP contribution in [0.2, 0.25) is 0 Å². The van der Waals surface area contributed by atoms with E-state index in [9.17, 15) is 9.18 Å². The standard InChI is InChI=1S/C11H14BrFN2O/c1-15(2)6-5-14-11(16)8-3-4-9(12)10(13)7-8/h3-4,7H,5-6H2,1-2H3,(H,14,16). The topological polar surface area (TPSA) is 32.3 Å². The highest BCUT2D eigenvalue weighted by molar-refractivity contribution is 9.10. The molecule has 0 fully saturated rings. The van der Waals surface area contributed by atoms with Crippen molar-refractivity contribution in [3.05, 3.63) is 34.1 Å². The van der Waals surface area contributed by atoms with Gasteiger partial charge in [-0.15, -0.1) is 0 Å². The zero-order valence-corrected chi connectivity index (χ0v) is 10.8. The average Bonchev–Trinajstić information content (AvgIpc) is 2.21. The first-order chi connectivity index (χ1) is 7.50. The van der Waals surface area contributed by atoms with Crippen LogP contribution in [0.5, 0.6) is 0 Å². The van der Waals surface area contributed by atoms with Crippen LogP contribution in [0.4, 0.5) is 4.39 Å². The lowest BCUT2D eigenvalue weighted by Gasteiger charge is -2.10. The molecule has 0 heterocycles. The number of nitrogens with one attached hydrogen (secondary N) is 1. The summed E-state index contributed by atoms with van der Waals surface area (Å²) in [5, 5.41) is 2.71. The van der Waals surface area contributed by atoms with Crippen molar-refractivity contribution in [2.24, 2.45) is 0 Å². The van der Waals surface area contributed by atoms with Crippen molar-refractivity contribution in [2.75, 3.05) is 27.2 Å². The van der Waals surface area contributed by atoms with E-state index in [1.54, 1.807) is 6.07 Å². The first-order valence-electron chi connectivity index (χ1n) is 4.88. The highest BCUT2D eigenvalue weighted by atomic mass is 79.9. The van der Waals surface area contributed by atoms with Gasteiger partial charge in [-0.2, -0.15) is 0 Å². The maximum atomic E-state index is 13.2. The van der Waals surface area contributed by atoms with Crippen LogP contribution in [0, 0.1) is 5.82 Å². The molecule has 3 nitrogen and oxygen atoms in total. The van der Waals surface area contributed by atoms with Crippen LogP contribution >= 0.6 is 15.9 Å². The lowest BCUT2D eigenvalue weighted by Crippen LogP contribution is -2.31. The maximum absolute atomic E-state index is 13.2. The van der Waals surface area contributed by atoms with E-state index >= 15 is 0 Å². The zero-order chi connectivity index (χ0) is 12.1. The number of hydrogen-bond donors (Lipinski definition) is 1. The van der Waals surface area contributed by atoms with E-state index in [1.165, 1.54) is 12.1 Å². The Morgan fingerprint density at radius 3 is 2.75 bits per heavy atom. The second-order valence-electron chi connectivity index (χ2n) is 3.69. The normalized spacial score (nSPS) is 10.6. The van der Waals surface area contributed by atoms with Gasteiger partial charge < -0.3 is 10.2 Å². The van der Waals surface area contributed by atoms with E-state index in [0.717, 1.165) is 6.54 Å². The number of carbonyl (C=O) groups excluding carboxylic acids is 1. The van der Waals surface area contributed by atoms with Crippen LogP contribution < -0.4 is 5.32 Å². The largest absolute Gasteiger partial charge is 0.351 e. The summed E-state index contributed by atoms with van der Waals surface area (Å²) in [7, 11) is 3.84. The Hall–Kier alpha value is -0.940. The minimum atomic E-state index is -0.430. The molecule has 1 amide bonds. The fourth-order valence-electron chi connectivity index (χ4n) is 1.13. The van der Waals surface area contributed by atoms with E-state index < -0.39 is 5.82 Å². The Morgan fingerprint density at radius 1 is 1.50 bits per heavy atom. The molecule has 1 aromatic carbocycles. The molecular weight excluding hydrogens is 275 g/mol. The lowest BCUT2D eigenvalue weighted by atomic mass is 10.2. The first kappa shape index (κ1) is 13.1. The Bertz CT molecular complexity index is 382. The van der Waals surface area contributed by atoms with E-state index in [4.69, 9.17) is 0 Å². The number of rotatable bonds is 4. The Morgan fingerprint density at radius 2 is 2.19 bits per heavy atom. The first-order valence-corrected chi connectivity index (χ1v) is 5.68. The molecule has 16 heavy (non-hydrogen) atoms. The summed E-state index contributed by atoms with van der Waals surface area (Å²) < 4.78 is 13.5. The molecule has 0 bridgehead atoms. The van der Waals surface area contributed by atoms with Gasteiger partial charge in [-0.3, -0.25) is 4.79 Å². The van der Waals surface area contributed by atoms with Gasteiger partial charge in [-0.05, 0) is 48.2 Å². The highest BCUT2D eigenvalue weighted by Gasteiger charge is 2.07. The molecule has 0 unspecified atom stereocenters. The van der Waals surface area contributed by atoms with Gasteiger partial charge in [0.15, 0.2) is 0 Å². The highest BCUT2D eigenvalue weighted by Crippen LogP contribution is 2.16. The summed E-state index contributed by atoms with van der Waals surface area (Å²) >= 11 is 3.04. The van der Waals surface area contributed by atoms with Crippen LogP contribution in [0.3, 0.4) is 0 Å². The fraction of sp³-hybridized carbons (Fsp3) is 0.364. The molecule has 1 N–H and O–H groups in total. The summed E-state index contributed by atoms with van der Waals surface area (Å²) in [5.41, 5.74) is 0.333. The quantitative estimate of drug-likeness (QED) is 0.918. The van der Waals surface area contributed by atoms with Crippen molar-refractivity contribution >= 4 is 21.8 Å². The van der Waals surface area contributed by atoms with Crippen LogP contribution in [0.25, 0.3) is 0 Å². The lowest BCUT2D eigenvalue weighted by molar-refractivity contribution is 0.0950. The number of benzene rings is 1. The van der Waals surface area contributed by atoms with Crippen LogP contribution in [0.15, 0.2) is 22.7 Å². The summed E-state index contributed by atoms with van der Waals surface area (Å²) in [6.07, 6.45) is 0. The van der Waals surface area contributed by atoms with Gasteiger partial charge >= 0.3 is 0 Å². The van der Waals surface area contributed by atoms with Gasteiger partial charge in [-0.25, -0.2) is 4.39 Å². The minimum absolute atomic E-state index is 0.256. The molecule has 0 atom stereocenters. The van der Waals surface area contributed by atoms with Gasteiger partial charge in [-0.1, -0.05) is 0 Å². The average molecular weight is 289 g/mol. The summed E-state index contributed by atoms with van der Waals surface area (Å²) in [5.74, 6) is -0.687. The Balaban J connectivity index is 2.56. The summed E-state index contributed by atoms with van der Waals surface area (Å²) in [6, 6.07) is 4.32. The van der Waals surface area contributed by atoms with Crippen molar-refractivity contribution in [3.8, 4) is 0 Å². The molecule has 0 spiro atoms. The van der Waals surface area contributed by atoms with E-state index in [0.29, 0.717) is 16.6 Å². The molecule has 1 aromatic rings. The number of carbonyl (C=O) groups is 1. The maximum Gasteiger partial charge on any atom is 0.251 e. The summed E-state index contributed by atoms with van der Waals surface area (Å²) in [4.78, 5) is 13.5. The molecule has 5 heteroatoms. The number of halogens is 2. The van der Waals surface area contributed by atoms with Crippen LogP contribution in [-0.2, 0) is 0 Å². The predicted octanol–water partition coefficient (Wildman–Crippen LogP) is 1.88. The third-order valence-corrected chi connectivity index (χ3v) is 2.67. The third-order valence-electron chi connectivity index (χ3n) is 2.03. The third kappa shape index (κ3) is 3.90. The van der Waals surface area contributed by atoms with Gasteiger partial charge in [0.1, 0.15) is 5.82 Å². The molecule has 0 aliphatic heterocycles. The Kier molecular flexibility index (Phi) is 4.89. The van der Waals surface area contributed by atoms with Gasteiger partial charge in [0.25, 0.3) is 5.91 Å². The minimum Gasteiger partial charge on any atom is -0.351 e. The fourth-order valence-corrected chi connectivity index (χ4v) is 1.38. The molecule has 0 aliphatic carbocycles. The smallest absolute Gasteiger partial charge is 0.251 e. The molecule has 1 rings (SSSR count). The molecule has 0 aliphatic rings. The van der Waals surface area contributed by atoms with Gasteiger partial charge in [0.05, 0.1) is 4.47 Å². The predicted molar refractivity (Wildman–Crippen MR) is 65.0 cm³/mol.